The number of para-hydroxylation sites is 1. The van der Waals surface area contributed by atoms with Crippen LogP contribution in [0.2, 0.25) is 0 Å². The summed E-state index contributed by atoms with van der Waals surface area (Å²) in [5.41, 5.74) is 2.79. The molecule has 13 heteroatoms. The zero-order valence-electron chi connectivity index (χ0n) is 31.3. The molecule has 5 rings (SSSR count). The van der Waals surface area contributed by atoms with Gasteiger partial charge in [-0.05, 0) is 47.6 Å². The summed E-state index contributed by atoms with van der Waals surface area (Å²) in [4.78, 5) is 71.6. The number of fused-ring (bicyclic) bond motifs is 1. The molecule has 13 nitrogen and oxygen atoms in total. The van der Waals surface area contributed by atoms with Gasteiger partial charge in [0.25, 0.3) is 5.91 Å². The Bertz CT molecular complexity index is 1730. The van der Waals surface area contributed by atoms with Gasteiger partial charge in [-0.1, -0.05) is 80.6 Å². The normalized spacial score (nSPS) is 21.1. The van der Waals surface area contributed by atoms with E-state index >= 15 is 0 Å². The molecule has 0 bridgehead atoms. The average molecular weight is 741 g/mol. The van der Waals surface area contributed by atoms with Gasteiger partial charge >= 0.3 is 0 Å². The number of hydrogen-bond donors (Lipinski definition) is 4. The number of hydrogen-bond acceptors (Lipinski definition) is 8. The first-order chi connectivity index (χ1) is 26.0. The van der Waals surface area contributed by atoms with Gasteiger partial charge in [-0.3, -0.25) is 28.9 Å². The van der Waals surface area contributed by atoms with E-state index in [1.54, 1.807) is 54.6 Å². The molecule has 0 unspecified atom stereocenters. The van der Waals surface area contributed by atoms with E-state index in [1.807, 2.05) is 38.1 Å². The Hall–Kier alpha value is -5.27. The zero-order valence-corrected chi connectivity index (χ0v) is 31.3. The van der Waals surface area contributed by atoms with Crippen molar-refractivity contribution in [3.63, 3.8) is 0 Å². The Kier molecular flexibility index (Phi) is 14.6. The summed E-state index contributed by atoms with van der Waals surface area (Å²) in [6.45, 7) is 8.13. The molecule has 4 N–H and O–H groups in total. The van der Waals surface area contributed by atoms with Gasteiger partial charge in [0.2, 0.25) is 23.6 Å². The summed E-state index contributed by atoms with van der Waals surface area (Å²) in [5, 5.41) is 11.5. The number of amides is 5. The molecular weight excluding hydrogens is 688 g/mol. The second-order valence-corrected chi connectivity index (χ2v) is 14.3. The lowest BCUT2D eigenvalue weighted by Gasteiger charge is -2.27. The van der Waals surface area contributed by atoms with Gasteiger partial charge in [-0.25, -0.2) is 0 Å². The van der Waals surface area contributed by atoms with Gasteiger partial charge in [-0.15, -0.1) is 0 Å². The second-order valence-electron chi connectivity index (χ2n) is 14.3. The highest BCUT2D eigenvalue weighted by molar-refractivity contribution is 6.00. The number of carbonyl (C=O) groups excluding carboxylic acids is 5. The summed E-state index contributed by atoms with van der Waals surface area (Å²) in [6.07, 6.45) is 0.360. The molecule has 0 aromatic heterocycles. The minimum atomic E-state index is -1.09. The molecule has 1 saturated heterocycles. The maximum Gasteiger partial charge on any atom is 0.255 e. The summed E-state index contributed by atoms with van der Waals surface area (Å²) >= 11 is 0. The minimum absolute atomic E-state index is 0.0463. The summed E-state index contributed by atoms with van der Waals surface area (Å²) < 4.78 is 11.6. The molecule has 0 aliphatic carbocycles. The van der Waals surface area contributed by atoms with E-state index < -0.39 is 41.8 Å². The minimum Gasteiger partial charge on any atom is -0.491 e. The van der Waals surface area contributed by atoms with Crippen molar-refractivity contribution < 1.29 is 33.4 Å². The predicted molar refractivity (Wildman–Crippen MR) is 203 cm³/mol. The van der Waals surface area contributed by atoms with E-state index in [9.17, 15) is 24.0 Å². The van der Waals surface area contributed by atoms with Crippen molar-refractivity contribution in [2.45, 2.75) is 64.3 Å². The number of benzene rings is 3. The number of ether oxygens (including phenoxy) is 2. The van der Waals surface area contributed by atoms with Crippen LogP contribution in [0.1, 0.15) is 66.2 Å². The van der Waals surface area contributed by atoms with E-state index in [0.29, 0.717) is 12.0 Å². The lowest BCUT2D eigenvalue weighted by atomic mass is 10.0. The van der Waals surface area contributed by atoms with Crippen LogP contribution in [-0.2, 0) is 37.0 Å². The highest BCUT2D eigenvalue weighted by atomic mass is 16.5. The van der Waals surface area contributed by atoms with Crippen molar-refractivity contribution >= 4 is 29.5 Å². The van der Waals surface area contributed by atoms with E-state index in [4.69, 9.17) is 9.47 Å². The Balaban J connectivity index is 1.36. The predicted octanol–water partition coefficient (Wildman–Crippen LogP) is 2.95. The van der Waals surface area contributed by atoms with Crippen molar-refractivity contribution in [2.24, 2.45) is 5.92 Å². The first kappa shape index (κ1) is 39.9. The molecular formula is C41H52N6O7. The first-order valence-electron chi connectivity index (χ1n) is 18.6. The molecule has 54 heavy (non-hydrogen) atoms. The molecule has 3 atom stereocenters. The second kappa shape index (κ2) is 19.7. The van der Waals surface area contributed by atoms with Crippen LogP contribution in [0.3, 0.4) is 0 Å². The number of morpholine rings is 1. The Morgan fingerprint density at radius 2 is 1.54 bits per heavy atom. The number of carbonyl (C=O) groups is 5. The topological polar surface area (TPSA) is 158 Å². The SMILES string of the molecule is CC(C)C[C@H]1COc2ccccc2C(=O)N[C@H](C(=O)NCc2ccc(CN3CCOCC3)cc2)CCC(=O)N[C@@H](c2ccccc2)C(=O)N(C)CC(=O)N1. The molecule has 2 aliphatic rings. The van der Waals surface area contributed by atoms with E-state index in [1.165, 1.54) is 11.9 Å². The zero-order chi connectivity index (χ0) is 38.5. The average Bonchev–Trinajstić information content (AvgIpc) is 3.17. The molecule has 0 saturated carbocycles. The maximum absolute atomic E-state index is 13.8. The number of nitrogens with zero attached hydrogens (tertiary/aromatic N) is 2. The Morgan fingerprint density at radius 3 is 2.26 bits per heavy atom. The van der Waals surface area contributed by atoms with Gasteiger partial charge in [0, 0.05) is 39.6 Å². The van der Waals surface area contributed by atoms with Gasteiger partial charge in [-0.2, -0.15) is 0 Å². The largest absolute Gasteiger partial charge is 0.491 e. The summed E-state index contributed by atoms with van der Waals surface area (Å²) in [5.74, 6) is -1.89. The van der Waals surface area contributed by atoms with Crippen LogP contribution < -0.4 is 26.0 Å². The van der Waals surface area contributed by atoms with Crippen molar-refractivity contribution in [3.05, 3.63) is 101 Å². The van der Waals surface area contributed by atoms with Crippen LogP contribution in [0.4, 0.5) is 0 Å². The van der Waals surface area contributed by atoms with Crippen LogP contribution in [-0.4, -0.2) is 97.9 Å². The van der Waals surface area contributed by atoms with E-state index in [0.717, 1.165) is 44.0 Å². The molecule has 1 fully saturated rings. The monoisotopic (exact) mass is 740 g/mol. The number of rotatable bonds is 8. The molecule has 288 valence electrons. The third-order valence-electron chi connectivity index (χ3n) is 9.42. The molecule has 5 amide bonds. The standard InChI is InChI=1S/C41H52N6O7/c1-28(2)23-32-27-54-35-12-8-7-11-33(35)39(50)44-34(40(51)42-24-29-13-15-30(16-14-29)25-47-19-21-53-22-20-47)17-18-36(48)45-38(31-9-5-4-6-10-31)41(52)46(3)26-37(49)43-32/h4-16,28,32,34,38H,17-27H2,1-3H3,(H,42,51)(H,43,49)(H,44,50)(H,45,48)/t32-,34-,38-/m0/s1. The smallest absolute Gasteiger partial charge is 0.255 e. The highest BCUT2D eigenvalue weighted by Crippen LogP contribution is 2.21. The summed E-state index contributed by atoms with van der Waals surface area (Å²) in [7, 11) is 1.51. The molecule has 2 heterocycles. The molecule has 0 radical (unpaired) electrons. The molecule has 2 aliphatic heterocycles. The van der Waals surface area contributed by atoms with Crippen molar-refractivity contribution in [2.75, 3.05) is 46.5 Å². The summed E-state index contributed by atoms with van der Waals surface area (Å²) in [6, 6.07) is 20.9. The lowest BCUT2D eigenvalue weighted by Crippen LogP contribution is -2.49. The third-order valence-corrected chi connectivity index (χ3v) is 9.42. The van der Waals surface area contributed by atoms with Gasteiger partial charge in [0.15, 0.2) is 0 Å². The lowest BCUT2D eigenvalue weighted by molar-refractivity contribution is -0.138. The molecule has 0 spiro atoms. The quantitative estimate of drug-likeness (QED) is 0.275. The Morgan fingerprint density at radius 1 is 0.852 bits per heavy atom. The van der Waals surface area contributed by atoms with Crippen LogP contribution >= 0.6 is 0 Å². The van der Waals surface area contributed by atoms with Gasteiger partial charge in [0.1, 0.15) is 24.4 Å². The Labute approximate surface area is 317 Å². The maximum atomic E-state index is 13.8. The van der Waals surface area contributed by atoms with E-state index in [-0.39, 0.29) is 55.7 Å². The number of likely N-dealkylation sites (N-methyl/N-ethyl adjacent to an activating group) is 1. The van der Waals surface area contributed by atoms with Crippen LogP contribution in [0.25, 0.3) is 0 Å². The molecule has 3 aromatic rings. The fourth-order valence-corrected chi connectivity index (χ4v) is 6.53. The van der Waals surface area contributed by atoms with Crippen LogP contribution in [0.15, 0.2) is 78.9 Å². The van der Waals surface area contributed by atoms with Crippen molar-refractivity contribution in [1.82, 2.24) is 31.1 Å². The highest BCUT2D eigenvalue weighted by Gasteiger charge is 2.30. The van der Waals surface area contributed by atoms with E-state index in [2.05, 4.69) is 26.2 Å². The van der Waals surface area contributed by atoms with Crippen molar-refractivity contribution in [3.8, 4) is 5.75 Å². The van der Waals surface area contributed by atoms with Crippen LogP contribution in [0, 0.1) is 5.92 Å². The van der Waals surface area contributed by atoms with Crippen LogP contribution in [0.5, 0.6) is 5.75 Å². The fraction of sp³-hybridized carbons (Fsp3) is 0.439. The van der Waals surface area contributed by atoms with Gasteiger partial charge in [0.05, 0.1) is 31.4 Å². The van der Waals surface area contributed by atoms with Crippen molar-refractivity contribution in [1.29, 1.82) is 0 Å². The first-order valence-corrected chi connectivity index (χ1v) is 18.6. The van der Waals surface area contributed by atoms with Gasteiger partial charge < -0.3 is 35.6 Å². The fourth-order valence-electron chi connectivity index (χ4n) is 6.53. The number of nitrogens with one attached hydrogen (secondary N) is 4. The molecule has 3 aromatic carbocycles. The third kappa shape index (κ3) is 11.9.